The van der Waals surface area contributed by atoms with Gasteiger partial charge in [0.2, 0.25) is 5.43 Å². The summed E-state index contributed by atoms with van der Waals surface area (Å²) in [5.41, 5.74) is 0.816. The molecule has 98 valence electrons. The standard InChI is InChI=1S/C11H18N2OS.CH4S/c1-3-6-13(4-2)7-5-12-9-8-10(14)11(9)15;1-2/h8,12H,3-7H2,1-2H3;2H,1H3. The van der Waals surface area contributed by atoms with Gasteiger partial charge in [-0.25, -0.2) is 0 Å². The van der Waals surface area contributed by atoms with Crippen LogP contribution in [0, 0.1) is 4.51 Å². The molecule has 5 heteroatoms. The molecule has 0 unspecified atom stereocenters. The molecule has 0 atom stereocenters. The molecule has 0 saturated heterocycles. The predicted molar refractivity (Wildman–Crippen MR) is 81.7 cm³/mol. The van der Waals surface area contributed by atoms with Gasteiger partial charge in [0.25, 0.3) is 0 Å². The Balaban J connectivity index is 0.00000121. The maximum atomic E-state index is 10.8. The van der Waals surface area contributed by atoms with Gasteiger partial charge in [0.15, 0.2) is 0 Å². The molecule has 17 heavy (non-hydrogen) atoms. The molecule has 3 nitrogen and oxygen atoms in total. The highest BCUT2D eigenvalue weighted by Gasteiger charge is 2.05. The zero-order valence-corrected chi connectivity index (χ0v) is 12.5. The van der Waals surface area contributed by atoms with Crippen LogP contribution in [0.25, 0.3) is 0 Å². The van der Waals surface area contributed by atoms with Crippen LogP contribution in [-0.4, -0.2) is 37.3 Å². The highest BCUT2D eigenvalue weighted by Crippen LogP contribution is 2.06. The molecule has 0 aliphatic heterocycles. The average Bonchev–Trinajstić information content (AvgIpc) is 2.38. The van der Waals surface area contributed by atoms with E-state index in [-0.39, 0.29) is 5.43 Å². The van der Waals surface area contributed by atoms with Crippen LogP contribution >= 0.6 is 24.8 Å². The molecular weight excluding hydrogens is 252 g/mol. The molecule has 1 rings (SSSR count). The summed E-state index contributed by atoms with van der Waals surface area (Å²) in [7, 11) is 0. The Labute approximate surface area is 114 Å². The van der Waals surface area contributed by atoms with E-state index in [4.69, 9.17) is 12.2 Å². The maximum absolute atomic E-state index is 10.8. The second kappa shape index (κ2) is 9.62. The van der Waals surface area contributed by atoms with Crippen LogP contribution < -0.4 is 10.7 Å². The summed E-state index contributed by atoms with van der Waals surface area (Å²) in [5, 5.41) is 3.18. The summed E-state index contributed by atoms with van der Waals surface area (Å²) in [5.74, 6) is 0. The first-order valence-corrected chi connectivity index (χ1v) is 7.20. The average molecular weight is 274 g/mol. The molecule has 0 saturated carbocycles. The van der Waals surface area contributed by atoms with Crippen molar-refractivity contribution in [1.29, 1.82) is 0 Å². The second-order valence-corrected chi connectivity index (χ2v) is 4.02. The lowest BCUT2D eigenvalue weighted by molar-refractivity contribution is 0.300. The van der Waals surface area contributed by atoms with Gasteiger partial charge in [-0.2, -0.15) is 12.6 Å². The van der Waals surface area contributed by atoms with Gasteiger partial charge in [0.05, 0.1) is 5.69 Å². The monoisotopic (exact) mass is 274 g/mol. The molecule has 1 aromatic rings. The lowest BCUT2D eigenvalue weighted by Crippen LogP contribution is -2.30. The molecule has 0 fully saturated rings. The second-order valence-electron chi connectivity index (χ2n) is 3.61. The summed E-state index contributed by atoms with van der Waals surface area (Å²) in [6, 6.07) is 1.57. The summed E-state index contributed by atoms with van der Waals surface area (Å²) in [6.45, 7) is 8.38. The van der Waals surface area contributed by atoms with Crippen molar-refractivity contribution < 1.29 is 0 Å². The number of likely N-dealkylation sites (N-methyl/N-ethyl adjacent to an activating group) is 1. The Morgan fingerprint density at radius 3 is 2.41 bits per heavy atom. The quantitative estimate of drug-likeness (QED) is 0.590. The molecule has 0 amide bonds. The molecule has 0 heterocycles. The lowest BCUT2D eigenvalue weighted by atomic mass is 10.2. The minimum Gasteiger partial charge on any atom is -0.382 e. The van der Waals surface area contributed by atoms with Gasteiger partial charge in [0, 0.05) is 19.2 Å². The van der Waals surface area contributed by atoms with E-state index in [1.807, 2.05) is 0 Å². The Morgan fingerprint density at radius 2 is 2.00 bits per heavy atom. The molecule has 0 aromatic heterocycles. The molecule has 0 radical (unpaired) electrons. The molecule has 0 bridgehead atoms. The van der Waals surface area contributed by atoms with E-state index in [0.29, 0.717) is 4.51 Å². The first-order chi connectivity index (χ1) is 8.19. The van der Waals surface area contributed by atoms with Crippen LogP contribution in [0.5, 0.6) is 0 Å². The van der Waals surface area contributed by atoms with Crippen LogP contribution in [-0.2, 0) is 0 Å². The van der Waals surface area contributed by atoms with Crippen LogP contribution in [0.15, 0.2) is 10.9 Å². The highest BCUT2D eigenvalue weighted by molar-refractivity contribution is 7.79. The van der Waals surface area contributed by atoms with E-state index in [1.165, 1.54) is 6.42 Å². The highest BCUT2D eigenvalue weighted by atomic mass is 32.1. The molecule has 0 aliphatic rings. The van der Waals surface area contributed by atoms with Gasteiger partial charge >= 0.3 is 0 Å². The number of hydrogen-bond acceptors (Lipinski definition) is 5. The normalized spacial score (nSPS) is 10.2. The SMILES string of the molecule is CCCN(CC)CCNc1cc(=O)c1=S.CS. The Hall–Kier alpha value is -0.390. The van der Waals surface area contributed by atoms with Crippen molar-refractivity contribution in [2.24, 2.45) is 0 Å². The number of rotatable bonds is 7. The Bertz CT molecular complexity index is 372. The van der Waals surface area contributed by atoms with Crippen LogP contribution in [0.4, 0.5) is 5.69 Å². The van der Waals surface area contributed by atoms with E-state index in [2.05, 4.69) is 36.7 Å². The summed E-state index contributed by atoms with van der Waals surface area (Å²) >= 11 is 8.42. The molecule has 1 N–H and O–H groups in total. The van der Waals surface area contributed by atoms with Crippen molar-refractivity contribution in [1.82, 2.24) is 4.90 Å². The van der Waals surface area contributed by atoms with Crippen LogP contribution in [0.3, 0.4) is 0 Å². The van der Waals surface area contributed by atoms with E-state index >= 15 is 0 Å². The smallest absolute Gasteiger partial charge is 0.200 e. The van der Waals surface area contributed by atoms with Crippen LogP contribution in [0.1, 0.15) is 20.3 Å². The van der Waals surface area contributed by atoms with Crippen molar-refractivity contribution in [2.75, 3.05) is 37.8 Å². The van der Waals surface area contributed by atoms with Crippen molar-refractivity contribution >= 4 is 30.5 Å². The van der Waals surface area contributed by atoms with E-state index in [0.717, 1.165) is 31.9 Å². The van der Waals surface area contributed by atoms with Crippen molar-refractivity contribution in [3.8, 4) is 0 Å². The van der Waals surface area contributed by atoms with Gasteiger partial charge in [0.1, 0.15) is 4.51 Å². The van der Waals surface area contributed by atoms with Crippen molar-refractivity contribution in [3.05, 3.63) is 20.8 Å². The lowest BCUT2D eigenvalue weighted by Gasteiger charge is -2.20. The third-order valence-electron chi connectivity index (χ3n) is 2.47. The van der Waals surface area contributed by atoms with Gasteiger partial charge in [-0.15, -0.1) is 0 Å². The first kappa shape index (κ1) is 16.6. The fourth-order valence-electron chi connectivity index (χ4n) is 1.54. The van der Waals surface area contributed by atoms with Gasteiger partial charge < -0.3 is 10.2 Å². The molecule has 0 aliphatic carbocycles. The minimum atomic E-state index is -0.0200. The zero-order valence-electron chi connectivity index (χ0n) is 10.8. The zero-order chi connectivity index (χ0) is 13.3. The Kier molecular flexibility index (Phi) is 9.40. The Morgan fingerprint density at radius 1 is 1.35 bits per heavy atom. The van der Waals surface area contributed by atoms with Gasteiger partial charge in [-0.1, -0.05) is 26.1 Å². The van der Waals surface area contributed by atoms with Gasteiger partial charge in [-0.3, -0.25) is 4.79 Å². The fourth-order valence-corrected chi connectivity index (χ4v) is 1.73. The van der Waals surface area contributed by atoms with Crippen molar-refractivity contribution in [3.63, 3.8) is 0 Å². The number of hydrogen-bond donors (Lipinski definition) is 2. The predicted octanol–water partition coefficient (Wildman–Crippen LogP) is 2.34. The number of nitrogens with zero attached hydrogens (tertiary/aromatic N) is 1. The molecular formula is C12H22N2OS2. The van der Waals surface area contributed by atoms with Crippen LogP contribution in [0.2, 0.25) is 0 Å². The van der Waals surface area contributed by atoms with E-state index < -0.39 is 0 Å². The largest absolute Gasteiger partial charge is 0.382 e. The third kappa shape index (κ3) is 5.66. The first-order valence-electron chi connectivity index (χ1n) is 5.90. The number of thiol groups is 1. The number of nitrogens with one attached hydrogen (secondary N) is 1. The molecule has 0 spiro atoms. The summed E-state index contributed by atoms with van der Waals surface area (Å²) in [4.78, 5) is 13.2. The molecule has 1 aromatic carbocycles. The summed E-state index contributed by atoms with van der Waals surface area (Å²) < 4.78 is 0.452. The summed E-state index contributed by atoms with van der Waals surface area (Å²) in [6.07, 6.45) is 2.87. The van der Waals surface area contributed by atoms with Gasteiger partial charge in [-0.05, 0) is 25.8 Å². The third-order valence-corrected chi connectivity index (χ3v) is 2.90. The number of anilines is 1. The van der Waals surface area contributed by atoms with Crippen molar-refractivity contribution in [2.45, 2.75) is 20.3 Å². The minimum absolute atomic E-state index is 0.0200. The van der Waals surface area contributed by atoms with E-state index in [9.17, 15) is 4.79 Å². The van der Waals surface area contributed by atoms with E-state index in [1.54, 1.807) is 12.3 Å². The fraction of sp³-hybridized carbons (Fsp3) is 0.667. The topological polar surface area (TPSA) is 32.3 Å². The maximum Gasteiger partial charge on any atom is 0.200 e.